The third-order valence-corrected chi connectivity index (χ3v) is 14.0. The molecule has 83 heavy (non-hydrogen) atoms. The number of fused-ring (bicyclic) bond motifs is 2. The molecule has 0 bridgehead atoms. The van der Waals surface area contributed by atoms with E-state index >= 15 is 0 Å². The average Bonchev–Trinajstić information content (AvgIpc) is 4.17. The van der Waals surface area contributed by atoms with Gasteiger partial charge in [-0.1, -0.05) is 207 Å². The zero-order valence-electron chi connectivity index (χ0n) is 52.5. The number of H-pyrrole nitrogens is 2. The molecule has 4 atom stereocenters. The summed E-state index contributed by atoms with van der Waals surface area (Å²) in [6.45, 7) is 42.9. The fraction of sp³-hybridized carbons (Fsp3) is 0.541. The Hall–Kier alpha value is -2.83. The summed E-state index contributed by atoms with van der Waals surface area (Å²) in [5, 5.41) is 19.4. The highest BCUT2D eigenvalue weighted by Gasteiger charge is 2.10. The molecule has 0 aliphatic carbocycles. The number of aromatic nitrogens is 4. The molecule has 10 rings (SSSR count). The fourth-order valence-electron chi connectivity index (χ4n) is 6.39. The van der Waals surface area contributed by atoms with Crippen LogP contribution in [0.1, 0.15) is 116 Å². The van der Waals surface area contributed by atoms with Crippen LogP contribution >= 0.6 is 60.2 Å². The Bertz CT molecular complexity index is 2100. The number of rotatable bonds is 2. The lowest BCUT2D eigenvalue weighted by atomic mass is 10.1. The molecule has 6 aromatic rings. The summed E-state index contributed by atoms with van der Waals surface area (Å²) in [5.41, 5.74) is 5.75. The number of piperazine rings is 4. The number of hydrazine groups is 1. The molecule has 4 aromatic carbocycles. The first-order valence-corrected chi connectivity index (χ1v) is 31.5. The summed E-state index contributed by atoms with van der Waals surface area (Å²) in [6.07, 6.45) is 3.56. The van der Waals surface area contributed by atoms with Crippen LogP contribution in [0.3, 0.4) is 0 Å². The van der Waals surface area contributed by atoms with E-state index in [2.05, 4.69) is 158 Å². The summed E-state index contributed by atoms with van der Waals surface area (Å²) in [6, 6.07) is 31.1. The smallest absolute Gasteiger partial charge is 0.150 e. The van der Waals surface area contributed by atoms with Gasteiger partial charge in [-0.05, 0) is 80.8 Å². The van der Waals surface area contributed by atoms with Crippen LogP contribution in [-0.4, -0.2) is 198 Å². The van der Waals surface area contributed by atoms with Crippen molar-refractivity contribution in [2.24, 2.45) is 11.7 Å². The second kappa shape index (κ2) is 66.7. The van der Waals surface area contributed by atoms with E-state index in [4.69, 9.17) is 0 Å². The van der Waals surface area contributed by atoms with E-state index in [1.165, 1.54) is 97.0 Å². The molecule has 17 nitrogen and oxygen atoms in total. The quantitative estimate of drug-likeness (QED) is 0.0359. The van der Waals surface area contributed by atoms with Gasteiger partial charge in [0.05, 0.1) is 17.2 Å². The molecule has 4 saturated heterocycles. The fourth-order valence-corrected chi connectivity index (χ4v) is 7.92. The van der Waals surface area contributed by atoms with Gasteiger partial charge >= 0.3 is 0 Å². The molecule has 0 radical (unpaired) electrons. The molecule has 22 heteroatoms. The standard InChI is InChI=1S/2C8H8O.C7H5IN2.C7H6N2.3C5H13N2P.C4H11N2P.5C2H6.2CH4.H4N2.H2O/c2*1-7-4-2-3-5-8(7)6-9;8-7-5-3-1-2-4-6(5)9-10-7;1-2-4-7-6(3-1)5-8-9-7;3*1-6-2-4-7(8)5-3-6;7-6-3-1-5-2-4-6;5*1-2;;;1-2;/h2*2-6H,1H3;1-4H,(H,9,10);1-5H,(H,8,9);3*2-5,8H2,1H3;5H,1-4,7H2;5*1-2H3;2*1H4;1-2H2;1H2. The Kier molecular flexibility index (Phi) is 75.4. The Morgan fingerprint density at radius 3 is 1.11 bits per heavy atom. The van der Waals surface area contributed by atoms with Crippen molar-refractivity contribution in [1.29, 1.82) is 0 Å². The number of carbonyl (C=O) groups excluding carboxylic acids is 2. The maximum atomic E-state index is 10.2. The second-order valence-corrected chi connectivity index (χ2v) is 20.8. The molecule has 4 aliphatic heterocycles. The van der Waals surface area contributed by atoms with Crippen molar-refractivity contribution >= 4 is 94.5 Å². The van der Waals surface area contributed by atoms with Crippen molar-refractivity contribution in [2.45, 2.75) is 97.9 Å². The number of aryl methyl sites for hydroxylation is 2. The Morgan fingerprint density at radius 2 is 0.807 bits per heavy atom. The molecule has 6 heterocycles. The zero-order chi connectivity index (χ0) is 61.5. The van der Waals surface area contributed by atoms with Crippen LogP contribution < -0.4 is 17.0 Å². The number of halogens is 1. The van der Waals surface area contributed by atoms with Gasteiger partial charge in [-0.3, -0.25) is 50.2 Å². The molecular weight excluding hydrogens is 1230 g/mol. The van der Waals surface area contributed by atoms with Crippen LogP contribution in [0.15, 0.2) is 103 Å². The van der Waals surface area contributed by atoms with Crippen molar-refractivity contribution in [3.8, 4) is 0 Å². The summed E-state index contributed by atoms with van der Waals surface area (Å²) in [4.78, 5) is 27.5. The summed E-state index contributed by atoms with van der Waals surface area (Å²) in [5.74, 6) is 8.00. The summed E-state index contributed by atoms with van der Waals surface area (Å²) >= 11 is 2.24. The minimum atomic E-state index is 0. The molecule has 9 N–H and O–H groups in total. The third kappa shape index (κ3) is 48.9. The van der Waals surface area contributed by atoms with E-state index < -0.39 is 0 Å². The predicted molar refractivity (Wildman–Crippen MR) is 391 cm³/mol. The van der Waals surface area contributed by atoms with Crippen molar-refractivity contribution in [1.82, 2.24) is 59.1 Å². The molecule has 4 fully saturated rings. The predicted octanol–water partition coefficient (Wildman–Crippen LogP) is 11.5. The highest BCUT2D eigenvalue weighted by Crippen LogP contribution is 2.16. The number of hydrogen-bond donors (Lipinski definition) is 5. The van der Waals surface area contributed by atoms with Crippen molar-refractivity contribution < 1.29 is 15.1 Å². The van der Waals surface area contributed by atoms with Crippen LogP contribution in [0.5, 0.6) is 0 Å². The number of nitrogens with one attached hydrogen (secondary N) is 3. The lowest BCUT2D eigenvalue weighted by Gasteiger charge is -2.28. The Balaban J connectivity index is -0.000000154. The van der Waals surface area contributed by atoms with Gasteiger partial charge < -0.3 is 25.5 Å². The first kappa shape index (κ1) is 93.9. The molecule has 4 aliphatic rings. The molecular formula is C61H121IN14O3P4. The number of aldehydes is 2. The van der Waals surface area contributed by atoms with Crippen LogP contribution in [0.2, 0.25) is 0 Å². The second-order valence-electron chi connectivity index (χ2n) is 16.8. The lowest BCUT2D eigenvalue weighted by Crippen LogP contribution is -2.39. The Morgan fingerprint density at radius 1 is 0.482 bits per heavy atom. The van der Waals surface area contributed by atoms with Gasteiger partial charge in [-0.25, -0.2) is 0 Å². The normalized spacial score (nSPS) is 14.5. The maximum absolute atomic E-state index is 10.2. The van der Waals surface area contributed by atoms with Gasteiger partial charge in [0.1, 0.15) is 16.3 Å². The molecule has 0 spiro atoms. The van der Waals surface area contributed by atoms with Gasteiger partial charge in [-0.15, -0.1) is 0 Å². The number of nitrogens with two attached hydrogens (primary N) is 2. The zero-order valence-corrected chi connectivity index (χ0v) is 59.2. The first-order chi connectivity index (χ1) is 38.8. The van der Waals surface area contributed by atoms with Crippen molar-refractivity contribution in [2.75, 3.05) is 126 Å². The van der Waals surface area contributed by atoms with E-state index in [0.717, 1.165) is 68.0 Å². The molecule has 480 valence electrons. The maximum Gasteiger partial charge on any atom is 0.150 e. The molecule has 0 amide bonds. The minimum Gasteiger partial charge on any atom is -0.412 e. The van der Waals surface area contributed by atoms with Crippen LogP contribution in [0, 0.1) is 17.5 Å². The van der Waals surface area contributed by atoms with Gasteiger partial charge in [0, 0.05) is 127 Å². The van der Waals surface area contributed by atoms with E-state index in [-0.39, 0.29) is 20.3 Å². The van der Waals surface area contributed by atoms with Crippen LogP contribution in [0.25, 0.3) is 21.8 Å². The van der Waals surface area contributed by atoms with E-state index in [1.807, 2.05) is 180 Å². The van der Waals surface area contributed by atoms with Gasteiger partial charge in [0.2, 0.25) is 0 Å². The third-order valence-electron chi connectivity index (χ3n) is 11.2. The number of aromatic amines is 2. The summed E-state index contributed by atoms with van der Waals surface area (Å²) < 4.78 is 10.2. The van der Waals surface area contributed by atoms with E-state index in [0.29, 0.717) is 0 Å². The van der Waals surface area contributed by atoms with Gasteiger partial charge in [0.15, 0.2) is 0 Å². The van der Waals surface area contributed by atoms with Crippen molar-refractivity contribution in [3.05, 3.63) is 129 Å². The van der Waals surface area contributed by atoms with Crippen molar-refractivity contribution in [3.63, 3.8) is 0 Å². The number of likely N-dealkylation sites (N-methyl/N-ethyl adjacent to an activating group) is 3. The monoisotopic (exact) mass is 1350 g/mol. The van der Waals surface area contributed by atoms with Gasteiger partial charge in [0.25, 0.3) is 0 Å². The molecule has 2 aromatic heterocycles. The Labute approximate surface area is 530 Å². The summed E-state index contributed by atoms with van der Waals surface area (Å²) in [7, 11) is 17.4. The van der Waals surface area contributed by atoms with Crippen LogP contribution in [0.4, 0.5) is 0 Å². The van der Waals surface area contributed by atoms with Crippen LogP contribution in [-0.2, 0) is 0 Å². The van der Waals surface area contributed by atoms with Gasteiger partial charge in [-0.2, -0.15) is 10.2 Å². The number of nitrogens with zero attached hydrogens (tertiary/aromatic N) is 9. The first-order valence-electron chi connectivity index (χ1n) is 28.4. The molecule has 0 saturated carbocycles. The highest BCUT2D eigenvalue weighted by molar-refractivity contribution is 14.1. The number of para-hydroxylation sites is 2. The average molecular weight is 1350 g/mol. The van der Waals surface area contributed by atoms with E-state index in [9.17, 15) is 9.59 Å². The number of carbonyl (C=O) groups is 2. The minimum absolute atomic E-state index is 0. The largest absolute Gasteiger partial charge is 0.412 e. The lowest BCUT2D eigenvalue weighted by molar-refractivity contribution is 0.111. The SMILES string of the molecule is C.C.CC.CC.CC.CC.CC.CN1CCN(P)CC1.CN1CCN(P)CC1.CN1CCN(P)CC1.Cc1ccccc1C=O.Cc1ccccc1C=O.Ic1[nH]nc2ccccc12.NN.O.PN1CCNCC1.c1ccc2[nH]ncc2c1. The number of hydrogen-bond acceptors (Lipinski definition) is 14. The number of benzene rings is 4. The highest BCUT2D eigenvalue weighted by atomic mass is 127. The van der Waals surface area contributed by atoms with E-state index in [1.54, 1.807) is 0 Å². The molecule has 4 unspecified atom stereocenters. The topological polar surface area (TPSA) is 210 Å².